The predicted molar refractivity (Wildman–Crippen MR) is 117 cm³/mol. The Kier molecular flexibility index (Phi) is 6.30. The van der Waals surface area contributed by atoms with Gasteiger partial charge in [-0.05, 0) is 47.7 Å². The molecule has 1 amide bonds. The van der Waals surface area contributed by atoms with Crippen LogP contribution < -0.4 is 10.1 Å². The highest BCUT2D eigenvalue weighted by Crippen LogP contribution is 2.29. The highest BCUT2D eigenvalue weighted by Gasteiger charge is 2.27. The number of hydrogen-bond acceptors (Lipinski definition) is 3. The lowest BCUT2D eigenvalue weighted by molar-refractivity contribution is 0.112. The Morgan fingerprint density at radius 1 is 1.00 bits per heavy atom. The van der Waals surface area contributed by atoms with Crippen LogP contribution in [-0.4, -0.2) is 41.8 Å². The molecule has 0 bridgehead atoms. The third-order valence-corrected chi connectivity index (χ3v) is 5.41. The van der Waals surface area contributed by atoms with Gasteiger partial charge in [-0.25, -0.2) is 4.79 Å². The Balaban J connectivity index is 1.61. The van der Waals surface area contributed by atoms with Crippen LogP contribution in [0.4, 0.5) is 4.79 Å². The maximum Gasteiger partial charge on any atom is 0.407 e. The van der Waals surface area contributed by atoms with Gasteiger partial charge in [-0.1, -0.05) is 60.7 Å². The number of rotatable bonds is 6. The number of ether oxygens (including phenoxy) is 1. The average molecular weight is 402 g/mol. The second-order valence-electron chi connectivity index (χ2n) is 7.56. The van der Waals surface area contributed by atoms with Gasteiger partial charge in [0.05, 0.1) is 6.04 Å². The molecule has 0 aromatic heterocycles. The first kappa shape index (κ1) is 20.0. The van der Waals surface area contributed by atoms with Crippen molar-refractivity contribution in [1.82, 2.24) is 10.2 Å². The summed E-state index contributed by atoms with van der Waals surface area (Å²) in [5.41, 5.74) is 3.41. The average Bonchev–Trinajstić information content (AvgIpc) is 2.77. The van der Waals surface area contributed by atoms with E-state index in [4.69, 9.17) is 4.74 Å². The maximum atomic E-state index is 11.7. The molecule has 0 saturated carbocycles. The van der Waals surface area contributed by atoms with E-state index >= 15 is 0 Å². The van der Waals surface area contributed by atoms with Crippen molar-refractivity contribution >= 4 is 6.09 Å². The van der Waals surface area contributed by atoms with Gasteiger partial charge in [-0.2, -0.15) is 0 Å². The molecule has 5 heteroatoms. The van der Waals surface area contributed by atoms with Crippen molar-refractivity contribution in [1.29, 1.82) is 0 Å². The fourth-order valence-corrected chi connectivity index (χ4v) is 3.87. The largest absolute Gasteiger partial charge is 0.465 e. The van der Waals surface area contributed by atoms with E-state index < -0.39 is 6.09 Å². The highest BCUT2D eigenvalue weighted by molar-refractivity contribution is 5.65. The number of carboxylic acid groups (broad SMARTS) is 1. The highest BCUT2D eigenvalue weighted by atomic mass is 16.5. The molecule has 4 rings (SSSR count). The van der Waals surface area contributed by atoms with Crippen LogP contribution in [0.5, 0.6) is 11.5 Å². The van der Waals surface area contributed by atoms with Crippen molar-refractivity contribution in [2.24, 2.45) is 0 Å². The summed E-state index contributed by atoms with van der Waals surface area (Å²) in [5.74, 6) is 1.55. The van der Waals surface area contributed by atoms with Gasteiger partial charge in [0.2, 0.25) is 0 Å². The van der Waals surface area contributed by atoms with Crippen LogP contribution in [0.2, 0.25) is 0 Å². The van der Waals surface area contributed by atoms with Crippen molar-refractivity contribution in [3.05, 3.63) is 95.6 Å². The van der Waals surface area contributed by atoms with E-state index in [1.807, 2.05) is 48.5 Å². The quantitative estimate of drug-likeness (QED) is 0.634. The van der Waals surface area contributed by atoms with Gasteiger partial charge < -0.3 is 20.1 Å². The summed E-state index contributed by atoms with van der Waals surface area (Å²) in [4.78, 5) is 13.2. The van der Waals surface area contributed by atoms with E-state index in [1.165, 1.54) is 10.5 Å². The van der Waals surface area contributed by atoms with E-state index in [9.17, 15) is 9.90 Å². The molecule has 1 saturated heterocycles. The molecule has 3 aromatic rings. The van der Waals surface area contributed by atoms with Crippen LogP contribution in [0, 0.1) is 0 Å². The van der Waals surface area contributed by atoms with Gasteiger partial charge in [0, 0.05) is 19.6 Å². The lowest BCUT2D eigenvalue weighted by Gasteiger charge is -2.34. The topological polar surface area (TPSA) is 61.8 Å². The standard InChI is InChI=1S/C25H26N2O3/c28-25(29)27-14-13-26-18-22(27)17-21-12-11-20(15-19-7-3-1-4-8-19)16-24(21)30-23-9-5-2-6-10-23/h1-12,16,22,26H,13-15,17-18H2,(H,28,29). The van der Waals surface area contributed by atoms with Crippen LogP contribution in [-0.2, 0) is 12.8 Å². The summed E-state index contributed by atoms with van der Waals surface area (Å²) in [6, 6.07) is 26.2. The van der Waals surface area contributed by atoms with Gasteiger partial charge in [-0.3, -0.25) is 0 Å². The first-order chi connectivity index (χ1) is 14.7. The minimum absolute atomic E-state index is 0.116. The van der Waals surface area contributed by atoms with E-state index in [2.05, 4.69) is 35.6 Å². The van der Waals surface area contributed by atoms with Crippen molar-refractivity contribution in [3.8, 4) is 11.5 Å². The summed E-state index contributed by atoms with van der Waals surface area (Å²) in [5, 5.41) is 12.9. The fraction of sp³-hybridized carbons (Fsp3) is 0.240. The molecule has 1 fully saturated rings. The molecule has 3 aromatic carbocycles. The first-order valence-corrected chi connectivity index (χ1v) is 10.3. The van der Waals surface area contributed by atoms with E-state index in [1.54, 1.807) is 0 Å². The Labute approximate surface area is 176 Å². The van der Waals surface area contributed by atoms with E-state index in [-0.39, 0.29) is 6.04 Å². The molecule has 1 aliphatic heterocycles. The van der Waals surface area contributed by atoms with E-state index in [0.717, 1.165) is 29.0 Å². The summed E-state index contributed by atoms with van der Waals surface area (Å²) < 4.78 is 6.24. The lowest BCUT2D eigenvalue weighted by Crippen LogP contribution is -2.54. The number of benzene rings is 3. The molecular weight excluding hydrogens is 376 g/mol. The van der Waals surface area contributed by atoms with Gasteiger partial charge in [0.15, 0.2) is 0 Å². The second kappa shape index (κ2) is 9.46. The van der Waals surface area contributed by atoms with Crippen LogP contribution in [0.25, 0.3) is 0 Å². The number of hydrogen-bond donors (Lipinski definition) is 2. The summed E-state index contributed by atoms with van der Waals surface area (Å²) in [7, 11) is 0. The Hall–Kier alpha value is -3.31. The van der Waals surface area contributed by atoms with Gasteiger partial charge in [0.25, 0.3) is 0 Å². The third-order valence-electron chi connectivity index (χ3n) is 5.41. The van der Waals surface area contributed by atoms with Gasteiger partial charge >= 0.3 is 6.09 Å². The smallest absolute Gasteiger partial charge is 0.407 e. The van der Waals surface area contributed by atoms with Crippen molar-refractivity contribution in [2.75, 3.05) is 19.6 Å². The minimum atomic E-state index is -0.868. The lowest BCUT2D eigenvalue weighted by atomic mass is 9.98. The van der Waals surface area contributed by atoms with Gasteiger partial charge in [-0.15, -0.1) is 0 Å². The zero-order chi connectivity index (χ0) is 20.8. The SMILES string of the molecule is O=C(O)N1CCNCC1Cc1ccc(Cc2ccccc2)cc1Oc1ccccc1. The summed E-state index contributed by atoms with van der Waals surface area (Å²) in [6.07, 6.45) is 0.554. The van der Waals surface area contributed by atoms with Crippen molar-refractivity contribution in [3.63, 3.8) is 0 Å². The van der Waals surface area contributed by atoms with Crippen LogP contribution in [0.3, 0.4) is 0 Å². The molecule has 1 atom stereocenters. The van der Waals surface area contributed by atoms with Crippen molar-refractivity contribution in [2.45, 2.75) is 18.9 Å². The second-order valence-corrected chi connectivity index (χ2v) is 7.56. The number of piperazine rings is 1. The Morgan fingerprint density at radius 3 is 2.47 bits per heavy atom. The molecule has 0 radical (unpaired) electrons. The van der Waals surface area contributed by atoms with Crippen molar-refractivity contribution < 1.29 is 14.6 Å². The number of para-hydroxylation sites is 1. The minimum Gasteiger partial charge on any atom is -0.465 e. The first-order valence-electron chi connectivity index (χ1n) is 10.3. The molecule has 1 heterocycles. The normalized spacial score (nSPS) is 16.3. The molecule has 1 unspecified atom stereocenters. The monoisotopic (exact) mass is 402 g/mol. The molecular formula is C25H26N2O3. The number of carbonyl (C=O) groups is 1. The number of amides is 1. The zero-order valence-corrected chi connectivity index (χ0v) is 16.8. The summed E-state index contributed by atoms with van der Waals surface area (Å²) >= 11 is 0. The van der Waals surface area contributed by atoms with Crippen LogP contribution >= 0.6 is 0 Å². The Morgan fingerprint density at radius 2 is 1.73 bits per heavy atom. The molecule has 0 aliphatic carbocycles. The molecule has 1 aliphatic rings. The number of nitrogens with one attached hydrogen (secondary N) is 1. The fourth-order valence-electron chi connectivity index (χ4n) is 3.87. The van der Waals surface area contributed by atoms with Gasteiger partial charge in [0.1, 0.15) is 11.5 Å². The molecule has 154 valence electrons. The maximum absolute atomic E-state index is 11.7. The van der Waals surface area contributed by atoms with Crippen LogP contribution in [0.1, 0.15) is 16.7 Å². The summed E-state index contributed by atoms with van der Waals surface area (Å²) in [6.45, 7) is 1.83. The zero-order valence-electron chi connectivity index (χ0n) is 16.8. The van der Waals surface area contributed by atoms with Crippen LogP contribution in [0.15, 0.2) is 78.9 Å². The molecule has 2 N–H and O–H groups in total. The molecule has 0 spiro atoms. The molecule has 5 nitrogen and oxygen atoms in total. The predicted octanol–water partition coefficient (Wildman–Crippen LogP) is 4.56. The molecule has 30 heavy (non-hydrogen) atoms. The Bertz CT molecular complexity index is 976. The van der Waals surface area contributed by atoms with E-state index in [0.29, 0.717) is 26.1 Å². The number of nitrogens with zero attached hydrogens (tertiary/aromatic N) is 1. The third kappa shape index (κ3) is 4.99.